The Labute approximate surface area is 171 Å². The van der Waals surface area contributed by atoms with Crippen LogP contribution in [-0.2, 0) is 9.54 Å². The number of ketones is 1. The Bertz CT molecular complexity index is 751. The van der Waals surface area contributed by atoms with E-state index in [2.05, 4.69) is 91.0 Å². The highest BCUT2D eigenvalue weighted by molar-refractivity contribution is 8.00. The minimum absolute atomic E-state index is 0.0783. The first-order valence-electron chi connectivity index (χ1n) is 9.70. The quantitative estimate of drug-likeness (QED) is 0.370. The fraction of sp³-hybridized carbons (Fsp3) is 0.240. The number of benzene rings is 3. The van der Waals surface area contributed by atoms with Crippen molar-refractivity contribution in [2.75, 3.05) is 12.4 Å². The van der Waals surface area contributed by atoms with Gasteiger partial charge in [0.15, 0.2) is 5.78 Å². The number of unbranched alkanes of at least 4 members (excludes halogenated alkanes) is 1. The number of hydrogen-bond donors (Lipinski definition) is 1. The number of Topliss-reactive ketones (excluding diaryl/α,β-unsaturated/α-hetero) is 1. The number of carbonyl (C=O) groups is 1. The van der Waals surface area contributed by atoms with E-state index in [0.29, 0.717) is 6.42 Å². The summed E-state index contributed by atoms with van der Waals surface area (Å²) in [6, 6.07) is 31.9. The predicted octanol–water partition coefficient (Wildman–Crippen LogP) is 5.44. The SMILES string of the molecule is O=C(CO)CCCCSC(c1ccccc1)(c1ccccc1)c1ccccc1. The average Bonchev–Trinajstić information content (AvgIpc) is 2.78. The summed E-state index contributed by atoms with van der Waals surface area (Å²) in [5.41, 5.74) is 3.76. The van der Waals surface area contributed by atoms with Crippen LogP contribution in [0, 0.1) is 0 Å². The minimum atomic E-state index is -0.352. The highest BCUT2D eigenvalue weighted by Crippen LogP contribution is 2.48. The van der Waals surface area contributed by atoms with E-state index in [1.807, 2.05) is 11.8 Å². The molecule has 2 nitrogen and oxygen atoms in total. The number of aliphatic hydroxyl groups is 1. The highest BCUT2D eigenvalue weighted by Gasteiger charge is 2.36. The molecule has 0 unspecified atom stereocenters. The standard InChI is InChI=1S/C25H26O2S/c26-20-24(27)18-10-11-19-28-25(21-12-4-1-5-13-21,22-14-6-2-7-15-22)23-16-8-3-9-17-23/h1-9,12-17,26H,10-11,18-20H2. The predicted molar refractivity (Wildman–Crippen MR) is 118 cm³/mol. The fourth-order valence-corrected chi connectivity index (χ4v) is 5.06. The number of aliphatic hydroxyl groups excluding tert-OH is 1. The van der Waals surface area contributed by atoms with Gasteiger partial charge >= 0.3 is 0 Å². The summed E-state index contributed by atoms with van der Waals surface area (Å²) in [6.45, 7) is -0.352. The van der Waals surface area contributed by atoms with Crippen LogP contribution in [0.1, 0.15) is 36.0 Å². The molecular weight excluding hydrogens is 364 g/mol. The maximum absolute atomic E-state index is 11.4. The number of rotatable bonds is 10. The first-order valence-corrected chi connectivity index (χ1v) is 10.7. The third-order valence-electron chi connectivity index (χ3n) is 4.89. The lowest BCUT2D eigenvalue weighted by atomic mass is 9.84. The lowest BCUT2D eigenvalue weighted by Gasteiger charge is -2.35. The summed E-state index contributed by atoms with van der Waals surface area (Å²) in [7, 11) is 0. The van der Waals surface area contributed by atoms with Crippen molar-refractivity contribution in [3.05, 3.63) is 108 Å². The average molecular weight is 391 g/mol. The second kappa shape index (κ2) is 10.3. The highest BCUT2D eigenvalue weighted by atomic mass is 32.2. The number of thioether (sulfide) groups is 1. The monoisotopic (exact) mass is 390 g/mol. The van der Waals surface area contributed by atoms with E-state index < -0.39 is 0 Å². The molecule has 0 saturated carbocycles. The molecule has 0 aliphatic carbocycles. The van der Waals surface area contributed by atoms with Crippen molar-refractivity contribution in [1.29, 1.82) is 0 Å². The third-order valence-corrected chi connectivity index (χ3v) is 6.52. The van der Waals surface area contributed by atoms with Gasteiger partial charge < -0.3 is 5.11 Å². The van der Waals surface area contributed by atoms with Gasteiger partial charge in [-0.3, -0.25) is 4.79 Å². The zero-order chi connectivity index (χ0) is 19.7. The maximum atomic E-state index is 11.4. The Hall–Kier alpha value is -2.36. The third kappa shape index (κ3) is 4.73. The molecule has 3 rings (SSSR count). The van der Waals surface area contributed by atoms with Crippen molar-refractivity contribution in [3.63, 3.8) is 0 Å². The van der Waals surface area contributed by atoms with Crippen LogP contribution < -0.4 is 0 Å². The van der Waals surface area contributed by atoms with Gasteiger partial charge in [0.05, 0.1) is 4.75 Å². The first kappa shape index (κ1) is 20.4. The minimum Gasteiger partial charge on any atom is -0.389 e. The van der Waals surface area contributed by atoms with Gasteiger partial charge in [0.25, 0.3) is 0 Å². The van der Waals surface area contributed by atoms with Crippen LogP contribution in [0.4, 0.5) is 0 Å². The van der Waals surface area contributed by atoms with E-state index in [-0.39, 0.29) is 17.1 Å². The second-order valence-corrected chi connectivity index (χ2v) is 8.09. The van der Waals surface area contributed by atoms with Crippen LogP contribution in [0.5, 0.6) is 0 Å². The molecule has 0 spiro atoms. The summed E-state index contributed by atoms with van der Waals surface area (Å²) in [6.07, 6.45) is 2.19. The van der Waals surface area contributed by atoms with E-state index in [0.717, 1.165) is 18.6 Å². The molecule has 0 saturated heterocycles. The summed E-state index contributed by atoms with van der Waals surface area (Å²) in [4.78, 5) is 11.4. The van der Waals surface area contributed by atoms with Crippen LogP contribution in [0.15, 0.2) is 91.0 Å². The zero-order valence-corrected chi connectivity index (χ0v) is 16.8. The molecule has 0 heterocycles. The molecule has 0 aliphatic rings. The number of hydrogen-bond acceptors (Lipinski definition) is 3. The fourth-order valence-electron chi connectivity index (χ4n) is 3.50. The normalized spacial score (nSPS) is 11.3. The van der Waals surface area contributed by atoms with E-state index in [4.69, 9.17) is 5.11 Å². The molecule has 144 valence electrons. The van der Waals surface area contributed by atoms with Gasteiger partial charge in [-0.15, -0.1) is 11.8 Å². The van der Waals surface area contributed by atoms with Crippen LogP contribution in [-0.4, -0.2) is 23.2 Å². The molecule has 28 heavy (non-hydrogen) atoms. The summed E-state index contributed by atoms with van der Waals surface area (Å²) in [5.74, 6) is 0.850. The largest absolute Gasteiger partial charge is 0.389 e. The molecule has 3 aromatic carbocycles. The Morgan fingerprint density at radius 3 is 1.54 bits per heavy atom. The van der Waals surface area contributed by atoms with Gasteiger partial charge in [-0.25, -0.2) is 0 Å². The van der Waals surface area contributed by atoms with Crippen LogP contribution in [0.25, 0.3) is 0 Å². The number of carbonyl (C=O) groups excluding carboxylic acids is 1. The van der Waals surface area contributed by atoms with Crippen molar-refractivity contribution < 1.29 is 9.90 Å². The Morgan fingerprint density at radius 1 is 0.714 bits per heavy atom. The molecular formula is C25H26O2S. The summed E-state index contributed by atoms with van der Waals surface area (Å²) < 4.78 is -0.301. The van der Waals surface area contributed by atoms with Gasteiger partial charge in [-0.05, 0) is 35.3 Å². The second-order valence-electron chi connectivity index (χ2n) is 6.78. The smallest absolute Gasteiger partial charge is 0.158 e. The molecule has 0 fully saturated rings. The van der Waals surface area contributed by atoms with Crippen molar-refractivity contribution in [3.8, 4) is 0 Å². The first-order chi connectivity index (χ1) is 13.8. The van der Waals surface area contributed by atoms with Crippen LogP contribution >= 0.6 is 11.8 Å². The lowest BCUT2D eigenvalue weighted by molar-refractivity contribution is -0.121. The molecule has 0 aromatic heterocycles. The molecule has 0 aliphatic heterocycles. The molecule has 0 bridgehead atoms. The van der Waals surface area contributed by atoms with Crippen LogP contribution in [0.3, 0.4) is 0 Å². The maximum Gasteiger partial charge on any atom is 0.158 e. The van der Waals surface area contributed by atoms with E-state index in [9.17, 15) is 4.79 Å². The summed E-state index contributed by atoms with van der Waals surface area (Å²) in [5, 5.41) is 8.91. The van der Waals surface area contributed by atoms with Gasteiger partial charge in [-0.2, -0.15) is 0 Å². The Morgan fingerprint density at radius 2 is 1.14 bits per heavy atom. The van der Waals surface area contributed by atoms with Gasteiger partial charge in [0.1, 0.15) is 6.61 Å². The molecule has 3 heteroatoms. The lowest BCUT2D eigenvalue weighted by Crippen LogP contribution is -2.26. The van der Waals surface area contributed by atoms with Gasteiger partial charge in [-0.1, -0.05) is 91.0 Å². The molecule has 0 atom stereocenters. The van der Waals surface area contributed by atoms with E-state index >= 15 is 0 Å². The van der Waals surface area contributed by atoms with Crippen molar-refractivity contribution >= 4 is 17.5 Å². The Balaban J connectivity index is 1.96. The molecule has 1 N–H and O–H groups in total. The summed E-state index contributed by atoms with van der Waals surface area (Å²) >= 11 is 1.91. The topological polar surface area (TPSA) is 37.3 Å². The van der Waals surface area contributed by atoms with Crippen LogP contribution in [0.2, 0.25) is 0 Å². The Kier molecular flexibility index (Phi) is 7.46. The van der Waals surface area contributed by atoms with E-state index in [1.54, 1.807) is 0 Å². The van der Waals surface area contributed by atoms with Gasteiger partial charge in [0, 0.05) is 6.42 Å². The molecule has 3 aromatic rings. The van der Waals surface area contributed by atoms with Crippen molar-refractivity contribution in [1.82, 2.24) is 0 Å². The zero-order valence-electron chi connectivity index (χ0n) is 16.0. The van der Waals surface area contributed by atoms with Crippen molar-refractivity contribution in [2.24, 2.45) is 0 Å². The van der Waals surface area contributed by atoms with Gasteiger partial charge in [0.2, 0.25) is 0 Å². The van der Waals surface area contributed by atoms with Crippen molar-refractivity contribution in [2.45, 2.75) is 24.0 Å². The molecule has 0 amide bonds. The van der Waals surface area contributed by atoms with E-state index in [1.165, 1.54) is 16.7 Å². The molecule has 0 radical (unpaired) electrons.